The van der Waals surface area contributed by atoms with Gasteiger partial charge in [0.1, 0.15) is 5.82 Å². The van der Waals surface area contributed by atoms with Crippen molar-refractivity contribution in [3.05, 3.63) is 21.2 Å². The summed E-state index contributed by atoms with van der Waals surface area (Å²) in [7, 11) is 0. The Labute approximate surface area is 93.6 Å². The van der Waals surface area contributed by atoms with E-state index in [-0.39, 0.29) is 0 Å². The van der Waals surface area contributed by atoms with Gasteiger partial charge in [0.25, 0.3) is 0 Å². The molecule has 2 N–H and O–H groups in total. The second kappa shape index (κ2) is 3.94. The Morgan fingerprint density at radius 2 is 2.23 bits per heavy atom. The van der Waals surface area contributed by atoms with Gasteiger partial charge in [-0.15, -0.1) is 0 Å². The minimum absolute atomic E-state index is 0.518. The number of halogens is 2. The van der Waals surface area contributed by atoms with Gasteiger partial charge in [-0.25, -0.2) is 4.98 Å². The van der Waals surface area contributed by atoms with Gasteiger partial charge in [0.05, 0.1) is 10.5 Å². The summed E-state index contributed by atoms with van der Waals surface area (Å²) in [4.78, 5) is 4.27. The van der Waals surface area contributed by atoms with Crippen molar-refractivity contribution in [2.75, 3.05) is 18.4 Å². The molecule has 0 spiro atoms. The summed E-state index contributed by atoms with van der Waals surface area (Å²) in [6.45, 7) is 2.04. The SMILES string of the molecule is Brc1cnc(NC2CNC2)c(Br)c1. The monoisotopic (exact) mass is 305 g/mol. The van der Waals surface area contributed by atoms with Crippen molar-refractivity contribution in [1.82, 2.24) is 10.3 Å². The Hall–Kier alpha value is -0.130. The lowest BCUT2D eigenvalue weighted by Crippen LogP contribution is -2.51. The average Bonchev–Trinajstić information content (AvgIpc) is 1.99. The third kappa shape index (κ3) is 2.21. The fraction of sp³-hybridized carbons (Fsp3) is 0.375. The molecule has 13 heavy (non-hydrogen) atoms. The summed E-state index contributed by atoms with van der Waals surface area (Å²) >= 11 is 6.81. The molecular weight excluding hydrogens is 298 g/mol. The molecule has 0 amide bonds. The molecule has 2 heterocycles. The molecular formula is C8H9Br2N3. The number of pyridine rings is 1. The summed E-state index contributed by atoms with van der Waals surface area (Å²) in [6, 6.07) is 2.51. The lowest BCUT2D eigenvalue weighted by atomic mass is 10.2. The topological polar surface area (TPSA) is 37.0 Å². The molecule has 1 saturated heterocycles. The van der Waals surface area contributed by atoms with E-state index in [1.54, 1.807) is 6.20 Å². The van der Waals surface area contributed by atoms with Gasteiger partial charge in [-0.05, 0) is 37.9 Å². The highest BCUT2D eigenvalue weighted by Gasteiger charge is 2.17. The molecule has 0 unspecified atom stereocenters. The number of nitrogens with one attached hydrogen (secondary N) is 2. The van der Waals surface area contributed by atoms with Crippen molar-refractivity contribution in [3.63, 3.8) is 0 Å². The molecule has 0 aliphatic carbocycles. The van der Waals surface area contributed by atoms with Crippen LogP contribution in [0.15, 0.2) is 21.2 Å². The van der Waals surface area contributed by atoms with Gasteiger partial charge in [0.15, 0.2) is 0 Å². The maximum atomic E-state index is 4.27. The Balaban J connectivity index is 2.10. The van der Waals surface area contributed by atoms with Gasteiger partial charge in [-0.2, -0.15) is 0 Å². The van der Waals surface area contributed by atoms with Crippen LogP contribution in [0, 0.1) is 0 Å². The van der Waals surface area contributed by atoms with E-state index < -0.39 is 0 Å². The van der Waals surface area contributed by atoms with E-state index in [0.717, 1.165) is 27.9 Å². The van der Waals surface area contributed by atoms with E-state index in [2.05, 4.69) is 47.5 Å². The second-order valence-corrected chi connectivity index (χ2v) is 4.75. The molecule has 1 fully saturated rings. The molecule has 0 radical (unpaired) electrons. The van der Waals surface area contributed by atoms with E-state index in [1.807, 2.05) is 6.07 Å². The van der Waals surface area contributed by atoms with Crippen LogP contribution >= 0.6 is 31.9 Å². The van der Waals surface area contributed by atoms with Crippen LogP contribution in [0.5, 0.6) is 0 Å². The highest BCUT2D eigenvalue weighted by Crippen LogP contribution is 2.24. The maximum Gasteiger partial charge on any atom is 0.140 e. The van der Waals surface area contributed by atoms with Gasteiger partial charge in [0.2, 0.25) is 0 Å². The van der Waals surface area contributed by atoms with Gasteiger partial charge in [-0.1, -0.05) is 0 Å². The fourth-order valence-electron chi connectivity index (χ4n) is 1.10. The zero-order valence-corrected chi connectivity index (χ0v) is 10.0. The van der Waals surface area contributed by atoms with E-state index in [1.165, 1.54) is 0 Å². The maximum absolute atomic E-state index is 4.27. The molecule has 1 aromatic heterocycles. The van der Waals surface area contributed by atoms with Crippen LogP contribution < -0.4 is 10.6 Å². The molecule has 1 aromatic rings. The quantitative estimate of drug-likeness (QED) is 0.877. The number of anilines is 1. The average molecular weight is 307 g/mol. The van der Waals surface area contributed by atoms with Crippen molar-refractivity contribution in [1.29, 1.82) is 0 Å². The third-order valence-electron chi connectivity index (χ3n) is 1.93. The highest BCUT2D eigenvalue weighted by molar-refractivity contribution is 9.11. The van der Waals surface area contributed by atoms with Crippen LogP contribution in [0.3, 0.4) is 0 Å². The van der Waals surface area contributed by atoms with Gasteiger partial charge in [-0.3, -0.25) is 0 Å². The first-order valence-corrected chi connectivity index (χ1v) is 5.62. The molecule has 2 rings (SSSR count). The summed E-state index contributed by atoms with van der Waals surface area (Å²) in [5.74, 6) is 0.912. The molecule has 0 aromatic carbocycles. The van der Waals surface area contributed by atoms with E-state index >= 15 is 0 Å². The molecule has 0 atom stereocenters. The normalized spacial score (nSPS) is 16.8. The van der Waals surface area contributed by atoms with Crippen LogP contribution in [0.1, 0.15) is 0 Å². The van der Waals surface area contributed by atoms with Gasteiger partial charge >= 0.3 is 0 Å². The lowest BCUT2D eigenvalue weighted by Gasteiger charge is -2.28. The molecule has 3 nitrogen and oxygen atoms in total. The van der Waals surface area contributed by atoms with Crippen LogP contribution in [-0.4, -0.2) is 24.1 Å². The molecule has 1 aliphatic rings. The minimum Gasteiger partial charge on any atom is -0.364 e. The molecule has 70 valence electrons. The third-order valence-corrected chi connectivity index (χ3v) is 2.97. The van der Waals surface area contributed by atoms with E-state index in [0.29, 0.717) is 6.04 Å². The number of hydrogen-bond donors (Lipinski definition) is 2. The molecule has 1 aliphatic heterocycles. The first kappa shape index (κ1) is 9.43. The zero-order valence-electron chi connectivity index (χ0n) is 6.85. The smallest absolute Gasteiger partial charge is 0.140 e. The van der Waals surface area contributed by atoms with Crippen LogP contribution in [0.4, 0.5) is 5.82 Å². The Bertz CT molecular complexity index is 312. The van der Waals surface area contributed by atoms with Crippen LogP contribution in [-0.2, 0) is 0 Å². The second-order valence-electron chi connectivity index (χ2n) is 2.98. The van der Waals surface area contributed by atoms with Crippen molar-refractivity contribution in [2.24, 2.45) is 0 Å². The number of rotatable bonds is 2. The fourth-order valence-corrected chi connectivity index (χ4v) is 2.21. The largest absolute Gasteiger partial charge is 0.364 e. The van der Waals surface area contributed by atoms with Crippen molar-refractivity contribution < 1.29 is 0 Å². The highest BCUT2D eigenvalue weighted by atomic mass is 79.9. The van der Waals surface area contributed by atoms with Crippen molar-refractivity contribution >= 4 is 37.7 Å². The molecule has 5 heteroatoms. The Morgan fingerprint density at radius 3 is 2.77 bits per heavy atom. The van der Waals surface area contributed by atoms with E-state index in [9.17, 15) is 0 Å². The van der Waals surface area contributed by atoms with Gasteiger partial charge in [0, 0.05) is 23.8 Å². The Kier molecular flexibility index (Phi) is 2.86. The minimum atomic E-state index is 0.518. The first-order valence-electron chi connectivity index (χ1n) is 4.04. The first-order chi connectivity index (χ1) is 6.25. The standard InChI is InChI=1S/C8H9Br2N3/c9-5-1-7(10)8(12-2-5)13-6-3-11-4-6/h1-2,6,11H,3-4H2,(H,12,13). The number of hydrogen-bond acceptors (Lipinski definition) is 3. The van der Waals surface area contributed by atoms with E-state index in [4.69, 9.17) is 0 Å². The summed E-state index contributed by atoms with van der Waals surface area (Å²) < 4.78 is 1.98. The zero-order chi connectivity index (χ0) is 9.26. The molecule has 0 saturated carbocycles. The summed E-state index contributed by atoms with van der Waals surface area (Å²) in [5, 5.41) is 6.53. The number of nitrogens with zero attached hydrogens (tertiary/aromatic N) is 1. The summed E-state index contributed by atoms with van der Waals surface area (Å²) in [6.07, 6.45) is 1.79. The molecule has 0 bridgehead atoms. The van der Waals surface area contributed by atoms with Crippen LogP contribution in [0.2, 0.25) is 0 Å². The summed E-state index contributed by atoms with van der Waals surface area (Å²) in [5.41, 5.74) is 0. The van der Waals surface area contributed by atoms with Crippen molar-refractivity contribution in [2.45, 2.75) is 6.04 Å². The number of aromatic nitrogens is 1. The lowest BCUT2D eigenvalue weighted by molar-refractivity contribution is 0.471. The Morgan fingerprint density at radius 1 is 1.46 bits per heavy atom. The van der Waals surface area contributed by atoms with Crippen molar-refractivity contribution in [3.8, 4) is 0 Å². The predicted molar refractivity (Wildman–Crippen MR) is 59.9 cm³/mol. The predicted octanol–water partition coefficient (Wildman–Crippen LogP) is 1.99. The van der Waals surface area contributed by atoms with Crippen LogP contribution in [0.25, 0.3) is 0 Å². The van der Waals surface area contributed by atoms with Gasteiger partial charge < -0.3 is 10.6 Å².